The fourth-order valence-electron chi connectivity index (χ4n) is 3.02. The van der Waals surface area contributed by atoms with E-state index in [2.05, 4.69) is 33.8 Å². The smallest absolute Gasteiger partial charge is 0.152 e. The molecule has 0 bridgehead atoms. The summed E-state index contributed by atoms with van der Waals surface area (Å²) >= 11 is 0. The predicted molar refractivity (Wildman–Crippen MR) is 84.8 cm³/mol. The highest BCUT2D eigenvalue weighted by atomic mass is 16.5. The second-order valence-corrected chi connectivity index (χ2v) is 5.51. The van der Waals surface area contributed by atoms with E-state index >= 15 is 0 Å². The van der Waals surface area contributed by atoms with Gasteiger partial charge in [0.2, 0.25) is 0 Å². The molecule has 0 aliphatic carbocycles. The van der Waals surface area contributed by atoms with Crippen LogP contribution in [0.2, 0.25) is 0 Å². The molecule has 1 aliphatic rings. The van der Waals surface area contributed by atoms with Gasteiger partial charge in [0.1, 0.15) is 5.65 Å². The molecule has 3 heterocycles. The second-order valence-electron chi connectivity index (χ2n) is 5.51. The highest BCUT2D eigenvalue weighted by Gasteiger charge is 2.22. The number of hydrogen-bond acceptors (Lipinski definition) is 4. The summed E-state index contributed by atoms with van der Waals surface area (Å²) in [7, 11) is 1.97. The van der Waals surface area contributed by atoms with Gasteiger partial charge in [0, 0.05) is 32.4 Å². The maximum atomic E-state index is 5.79. The Kier molecular flexibility index (Phi) is 4.41. The molecule has 5 heteroatoms. The fraction of sp³-hybridized carbons (Fsp3) is 0.562. The molecule has 114 valence electrons. The lowest BCUT2D eigenvalue weighted by molar-refractivity contribution is 0.115. The maximum absolute atomic E-state index is 5.79. The van der Waals surface area contributed by atoms with Crippen LogP contribution >= 0.6 is 0 Å². The van der Waals surface area contributed by atoms with E-state index in [4.69, 9.17) is 9.72 Å². The van der Waals surface area contributed by atoms with Gasteiger partial charge in [-0.25, -0.2) is 4.98 Å². The van der Waals surface area contributed by atoms with Gasteiger partial charge < -0.3 is 19.4 Å². The molecule has 1 aliphatic heterocycles. The Morgan fingerprint density at radius 1 is 1.48 bits per heavy atom. The van der Waals surface area contributed by atoms with Crippen molar-refractivity contribution in [3.05, 3.63) is 30.1 Å². The van der Waals surface area contributed by atoms with Gasteiger partial charge >= 0.3 is 0 Å². The monoisotopic (exact) mass is 288 g/mol. The molecule has 2 aromatic heterocycles. The van der Waals surface area contributed by atoms with E-state index in [0.717, 1.165) is 44.1 Å². The van der Waals surface area contributed by atoms with Crippen molar-refractivity contribution in [2.75, 3.05) is 31.6 Å². The first-order valence-corrected chi connectivity index (χ1v) is 7.80. The molecule has 0 radical (unpaired) electrons. The molecule has 3 rings (SSSR count). The zero-order valence-corrected chi connectivity index (χ0v) is 12.9. The van der Waals surface area contributed by atoms with Gasteiger partial charge in [0.15, 0.2) is 5.82 Å². The second kappa shape index (κ2) is 6.45. The van der Waals surface area contributed by atoms with Gasteiger partial charge in [0.25, 0.3) is 0 Å². The first-order chi connectivity index (χ1) is 10.3. The van der Waals surface area contributed by atoms with E-state index < -0.39 is 0 Å². The average molecular weight is 288 g/mol. The minimum Gasteiger partial charge on any atom is -0.376 e. The van der Waals surface area contributed by atoms with E-state index in [1.807, 2.05) is 19.2 Å². The predicted octanol–water partition coefficient (Wildman–Crippen LogP) is 2.06. The molecule has 5 nitrogen and oxygen atoms in total. The number of likely N-dealkylation sites (N-methyl/N-ethyl adjacent to an activating group) is 1. The summed E-state index contributed by atoms with van der Waals surface area (Å²) in [5, 5.41) is 3.26. The van der Waals surface area contributed by atoms with Crippen molar-refractivity contribution in [2.45, 2.75) is 32.4 Å². The van der Waals surface area contributed by atoms with Gasteiger partial charge in [-0.05, 0) is 38.9 Å². The van der Waals surface area contributed by atoms with Crippen molar-refractivity contribution in [1.29, 1.82) is 0 Å². The standard InChI is InChI=1S/C16H24N4O/c1-3-19(12-13-7-6-10-21-13)16-14(11-17-2)20-9-5-4-8-15(20)18-16/h4-5,8-9,13,17H,3,6-7,10-12H2,1-2H3. The molecule has 1 atom stereocenters. The molecular weight excluding hydrogens is 264 g/mol. The number of pyridine rings is 1. The van der Waals surface area contributed by atoms with Crippen molar-refractivity contribution < 1.29 is 4.74 Å². The Labute approximate surface area is 125 Å². The van der Waals surface area contributed by atoms with Crippen molar-refractivity contribution in [2.24, 2.45) is 0 Å². The molecule has 1 unspecified atom stereocenters. The molecule has 21 heavy (non-hydrogen) atoms. The highest BCUT2D eigenvalue weighted by molar-refractivity contribution is 5.56. The van der Waals surface area contributed by atoms with Gasteiger partial charge in [-0.3, -0.25) is 0 Å². The van der Waals surface area contributed by atoms with Crippen LogP contribution in [0.5, 0.6) is 0 Å². The number of nitrogens with zero attached hydrogens (tertiary/aromatic N) is 3. The van der Waals surface area contributed by atoms with Crippen LogP contribution in [0.1, 0.15) is 25.5 Å². The van der Waals surface area contributed by atoms with Gasteiger partial charge in [0.05, 0.1) is 11.8 Å². The van der Waals surface area contributed by atoms with E-state index in [-0.39, 0.29) is 0 Å². The summed E-state index contributed by atoms with van der Waals surface area (Å²) in [6.07, 6.45) is 4.76. The van der Waals surface area contributed by atoms with E-state index in [9.17, 15) is 0 Å². The van der Waals surface area contributed by atoms with Crippen LogP contribution in [-0.4, -0.2) is 42.2 Å². The van der Waals surface area contributed by atoms with E-state index in [0.29, 0.717) is 6.10 Å². The zero-order chi connectivity index (χ0) is 14.7. The molecule has 1 N–H and O–H groups in total. The van der Waals surface area contributed by atoms with E-state index in [1.54, 1.807) is 0 Å². The molecule has 0 aromatic carbocycles. The maximum Gasteiger partial charge on any atom is 0.152 e. The van der Waals surface area contributed by atoms with Crippen LogP contribution in [0.3, 0.4) is 0 Å². The molecule has 1 saturated heterocycles. The first kappa shape index (κ1) is 14.4. The largest absolute Gasteiger partial charge is 0.376 e. The number of ether oxygens (including phenoxy) is 1. The van der Waals surface area contributed by atoms with Crippen LogP contribution in [0.25, 0.3) is 5.65 Å². The first-order valence-electron chi connectivity index (χ1n) is 7.80. The van der Waals surface area contributed by atoms with Crippen LogP contribution in [0.4, 0.5) is 5.82 Å². The summed E-state index contributed by atoms with van der Waals surface area (Å²) in [6.45, 7) is 5.76. The molecule has 0 spiro atoms. The SMILES string of the molecule is CCN(CC1CCCO1)c1nc2ccccn2c1CNC. The average Bonchev–Trinajstić information content (AvgIpc) is 3.13. The highest BCUT2D eigenvalue weighted by Crippen LogP contribution is 2.24. The van der Waals surface area contributed by atoms with Crippen molar-refractivity contribution in [3.63, 3.8) is 0 Å². The summed E-state index contributed by atoms with van der Waals surface area (Å²) in [5.41, 5.74) is 2.22. The van der Waals surface area contributed by atoms with Gasteiger partial charge in [-0.2, -0.15) is 0 Å². The van der Waals surface area contributed by atoms with Crippen LogP contribution in [-0.2, 0) is 11.3 Å². The molecule has 0 saturated carbocycles. The van der Waals surface area contributed by atoms with Crippen molar-refractivity contribution in [3.8, 4) is 0 Å². The molecule has 1 fully saturated rings. The molecule has 2 aromatic rings. The third-order valence-electron chi connectivity index (χ3n) is 4.08. The Morgan fingerprint density at radius 3 is 3.10 bits per heavy atom. The molecule has 0 amide bonds. The minimum atomic E-state index is 0.345. The third kappa shape index (κ3) is 2.89. The fourth-order valence-corrected chi connectivity index (χ4v) is 3.02. The van der Waals surface area contributed by atoms with Crippen LogP contribution in [0.15, 0.2) is 24.4 Å². The van der Waals surface area contributed by atoms with Gasteiger partial charge in [-0.1, -0.05) is 6.07 Å². The van der Waals surface area contributed by atoms with Crippen molar-refractivity contribution >= 4 is 11.5 Å². The Hall–Kier alpha value is -1.59. The van der Waals surface area contributed by atoms with Crippen molar-refractivity contribution in [1.82, 2.24) is 14.7 Å². The lowest BCUT2D eigenvalue weighted by atomic mass is 10.2. The number of fused-ring (bicyclic) bond motifs is 1. The number of aromatic nitrogens is 2. The number of imidazole rings is 1. The number of nitrogens with one attached hydrogen (secondary N) is 1. The topological polar surface area (TPSA) is 41.8 Å². The Balaban J connectivity index is 1.93. The lowest BCUT2D eigenvalue weighted by Gasteiger charge is -2.25. The number of anilines is 1. The van der Waals surface area contributed by atoms with Crippen LogP contribution < -0.4 is 10.2 Å². The van der Waals surface area contributed by atoms with E-state index in [1.165, 1.54) is 12.1 Å². The lowest BCUT2D eigenvalue weighted by Crippen LogP contribution is -2.33. The zero-order valence-electron chi connectivity index (χ0n) is 12.9. The summed E-state index contributed by atoms with van der Waals surface area (Å²) in [6, 6.07) is 6.14. The quantitative estimate of drug-likeness (QED) is 0.883. The number of rotatable bonds is 6. The number of hydrogen-bond donors (Lipinski definition) is 1. The molecular formula is C16H24N4O. The van der Waals surface area contributed by atoms with Crippen LogP contribution in [0, 0.1) is 0 Å². The Morgan fingerprint density at radius 2 is 2.38 bits per heavy atom. The summed E-state index contributed by atoms with van der Waals surface area (Å²) in [5.74, 6) is 1.08. The summed E-state index contributed by atoms with van der Waals surface area (Å²) < 4.78 is 7.96. The third-order valence-corrected chi connectivity index (χ3v) is 4.08. The van der Waals surface area contributed by atoms with Gasteiger partial charge in [-0.15, -0.1) is 0 Å². The normalized spacial score (nSPS) is 18.5. The summed E-state index contributed by atoms with van der Waals surface area (Å²) in [4.78, 5) is 7.18. The minimum absolute atomic E-state index is 0.345. The Bertz CT molecular complexity index is 589.